The topological polar surface area (TPSA) is 39.2 Å². The monoisotopic (exact) mass is 221 g/mol. The summed E-state index contributed by atoms with van der Waals surface area (Å²) >= 11 is 1.37. The van der Waals surface area contributed by atoms with Crippen molar-refractivity contribution in [3.63, 3.8) is 0 Å². The van der Waals surface area contributed by atoms with Gasteiger partial charge in [0.05, 0.1) is 7.11 Å². The first-order chi connectivity index (χ1) is 7.22. The highest BCUT2D eigenvalue weighted by Gasteiger charge is 2.11. The number of ether oxygens (including phenoxy) is 1. The third-order valence-corrected chi connectivity index (χ3v) is 2.55. The van der Waals surface area contributed by atoms with Crippen molar-refractivity contribution in [1.82, 2.24) is 4.98 Å². The standard InChI is InChI=1S/C11H11NO2S/c1-4-6-8(5-2)10-12-9(7-15-10)11(13)14-3/h4-7H,1-2H2,3H3. The molecule has 15 heavy (non-hydrogen) atoms. The van der Waals surface area contributed by atoms with Gasteiger partial charge in [0.25, 0.3) is 0 Å². The van der Waals surface area contributed by atoms with Crippen LogP contribution in [0, 0.1) is 0 Å². The van der Waals surface area contributed by atoms with Gasteiger partial charge in [-0.25, -0.2) is 9.78 Å². The predicted octanol–water partition coefficient (Wildman–Crippen LogP) is 2.69. The van der Waals surface area contributed by atoms with Gasteiger partial charge < -0.3 is 4.74 Å². The van der Waals surface area contributed by atoms with E-state index in [2.05, 4.69) is 22.9 Å². The van der Waals surface area contributed by atoms with Crippen LogP contribution in [0.15, 0.2) is 36.8 Å². The molecule has 0 N–H and O–H groups in total. The van der Waals surface area contributed by atoms with Crippen molar-refractivity contribution in [3.8, 4) is 0 Å². The van der Waals surface area contributed by atoms with Gasteiger partial charge in [0, 0.05) is 11.0 Å². The van der Waals surface area contributed by atoms with E-state index in [4.69, 9.17) is 0 Å². The molecule has 0 amide bonds. The van der Waals surface area contributed by atoms with Crippen LogP contribution in [0.3, 0.4) is 0 Å². The molecular formula is C11H11NO2S. The molecule has 0 aromatic carbocycles. The van der Waals surface area contributed by atoms with Crippen LogP contribution in [-0.2, 0) is 4.74 Å². The van der Waals surface area contributed by atoms with Gasteiger partial charge in [-0.05, 0) is 0 Å². The van der Waals surface area contributed by atoms with Crippen LogP contribution >= 0.6 is 11.3 Å². The summed E-state index contributed by atoms with van der Waals surface area (Å²) in [6, 6.07) is 0. The minimum Gasteiger partial charge on any atom is -0.464 e. The minimum atomic E-state index is -0.431. The maximum atomic E-state index is 11.2. The molecule has 78 valence electrons. The Balaban J connectivity index is 3.02. The molecule has 1 aromatic heterocycles. The zero-order valence-electron chi connectivity index (χ0n) is 8.40. The summed E-state index contributed by atoms with van der Waals surface area (Å²) in [7, 11) is 1.33. The Bertz CT molecular complexity index is 418. The molecule has 0 aliphatic heterocycles. The summed E-state index contributed by atoms with van der Waals surface area (Å²) in [5.74, 6) is -0.431. The predicted molar refractivity (Wildman–Crippen MR) is 61.8 cm³/mol. The van der Waals surface area contributed by atoms with Gasteiger partial charge >= 0.3 is 5.97 Å². The Morgan fingerprint density at radius 1 is 1.60 bits per heavy atom. The lowest BCUT2D eigenvalue weighted by Crippen LogP contribution is -2.01. The second kappa shape index (κ2) is 5.26. The number of aromatic nitrogens is 1. The second-order valence-electron chi connectivity index (χ2n) is 2.59. The van der Waals surface area contributed by atoms with Crippen LogP contribution in [0.5, 0.6) is 0 Å². The molecule has 3 nitrogen and oxygen atoms in total. The summed E-state index contributed by atoms with van der Waals surface area (Å²) < 4.78 is 4.56. The maximum Gasteiger partial charge on any atom is 0.357 e. The van der Waals surface area contributed by atoms with Crippen LogP contribution in [0.4, 0.5) is 0 Å². The molecule has 1 aromatic rings. The summed E-state index contributed by atoms with van der Waals surface area (Å²) in [4.78, 5) is 15.3. The molecule has 0 atom stereocenters. The number of hydrogen-bond acceptors (Lipinski definition) is 4. The Morgan fingerprint density at radius 3 is 2.87 bits per heavy atom. The average Bonchev–Trinajstić information content (AvgIpc) is 2.73. The molecular weight excluding hydrogens is 210 g/mol. The van der Waals surface area contributed by atoms with E-state index in [1.807, 2.05) is 0 Å². The Hall–Kier alpha value is -1.68. The SMILES string of the molecule is C=CC=C(C=C)c1nc(C(=O)OC)cs1. The summed E-state index contributed by atoms with van der Waals surface area (Å²) in [5, 5.41) is 2.38. The number of carbonyl (C=O) groups excluding carboxylic acids is 1. The van der Waals surface area contributed by atoms with Crippen LogP contribution in [0.1, 0.15) is 15.5 Å². The van der Waals surface area contributed by atoms with Crippen molar-refractivity contribution in [2.75, 3.05) is 7.11 Å². The van der Waals surface area contributed by atoms with Crippen molar-refractivity contribution < 1.29 is 9.53 Å². The molecule has 1 heterocycles. The molecule has 1 rings (SSSR count). The van der Waals surface area contributed by atoms with Crippen LogP contribution in [-0.4, -0.2) is 18.1 Å². The van der Waals surface area contributed by atoms with Crippen molar-refractivity contribution >= 4 is 22.9 Å². The number of thiazole rings is 1. The van der Waals surface area contributed by atoms with E-state index in [0.717, 1.165) is 10.6 Å². The first-order valence-electron chi connectivity index (χ1n) is 4.22. The lowest BCUT2D eigenvalue weighted by atomic mass is 10.2. The molecule has 0 saturated carbocycles. The van der Waals surface area contributed by atoms with Crippen molar-refractivity contribution in [1.29, 1.82) is 0 Å². The van der Waals surface area contributed by atoms with Crippen LogP contribution < -0.4 is 0 Å². The van der Waals surface area contributed by atoms with Gasteiger partial charge in [-0.15, -0.1) is 11.3 Å². The Kier molecular flexibility index (Phi) is 4.00. The van der Waals surface area contributed by atoms with Crippen LogP contribution in [0.2, 0.25) is 0 Å². The van der Waals surface area contributed by atoms with Gasteiger partial charge in [0.2, 0.25) is 0 Å². The lowest BCUT2D eigenvalue weighted by Gasteiger charge is -1.94. The highest BCUT2D eigenvalue weighted by molar-refractivity contribution is 7.11. The highest BCUT2D eigenvalue weighted by atomic mass is 32.1. The normalized spacial score (nSPS) is 10.9. The van der Waals surface area contributed by atoms with Crippen molar-refractivity contribution in [2.45, 2.75) is 0 Å². The largest absolute Gasteiger partial charge is 0.464 e. The van der Waals surface area contributed by atoms with Gasteiger partial charge in [-0.2, -0.15) is 0 Å². The molecule has 0 aliphatic carbocycles. The molecule has 0 bridgehead atoms. The fourth-order valence-electron chi connectivity index (χ4n) is 0.958. The number of esters is 1. The first-order valence-corrected chi connectivity index (χ1v) is 5.10. The lowest BCUT2D eigenvalue weighted by molar-refractivity contribution is 0.0595. The minimum absolute atomic E-state index is 0.314. The van der Waals surface area contributed by atoms with Crippen LogP contribution in [0.25, 0.3) is 5.57 Å². The maximum absolute atomic E-state index is 11.2. The highest BCUT2D eigenvalue weighted by Crippen LogP contribution is 2.20. The summed E-state index contributed by atoms with van der Waals surface area (Å²) in [6.07, 6.45) is 5.10. The molecule has 0 saturated heterocycles. The zero-order chi connectivity index (χ0) is 11.3. The van der Waals surface area contributed by atoms with E-state index < -0.39 is 5.97 Å². The average molecular weight is 221 g/mol. The second-order valence-corrected chi connectivity index (χ2v) is 3.45. The van der Waals surface area contributed by atoms with E-state index in [-0.39, 0.29) is 0 Å². The van der Waals surface area contributed by atoms with Crippen molar-refractivity contribution in [3.05, 3.63) is 47.5 Å². The van der Waals surface area contributed by atoms with Gasteiger partial charge in [0.15, 0.2) is 5.69 Å². The van der Waals surface area contributed by atoms with E-state index in [1.165, 1.54) is 18.4 Å². The molecule has 0 fully saturated rings. The Labute approximate surface area is 92.4 Å². The first kappa shape index (κ1) is 11.4. The van der Waals surface area contributed by atoms with Gasteiger partial charge in [0.1, 0.15) is 5.01 Å². The van der Waals surface area contributed by atoms with E-state index >= 15 is 0 Å². The number of nitrogens with zero attached hydrogens (tertiary/aromatic N) is 1. The number of rotatable bonds is 4. The number of methoxy groups -OCH3 is 1. The molecule has 0 unspecified atom stereocenters. The zero-order valence-corrected chi connectivity index (χ0v) is 9.21. The number of carbonyl (C=O) groups is 1. The van der Waals surface area contributed by atoms with Gasteiger partial charge in [-0.1, -0.05) is 31.4 Å². The number of allylic oxidation sites excluding steroid dienone is 4. The summed E-state index contributed by atoms with van der Waals surface area (Å²) in [5.41, 5.74) is 1.15. The fraction of sp³-hybridized carbons (Fsp3) is 0.0909. The molecule has 0 radical (unpaired) electrons. The Morgan fingerprint density at radius 2 is 2.33 bits per heavy atom. The summed E-state index contributed by atoms with van der Waals surface area (Å²) in [6.45, 7) is 7.26. The van der Waals surface area contributed by atoms with E-state index in [9.17, 15) is 4.79 Å². The third-order valence-electron chi connectivity index (χ3n) is 1.66. The molecule has 4 heteroatoms. The van der Waals surface area contributed by atoms with Crippen molar-refractivity contribution in [2.24, 2.45) is 0 Å². The molecule has 0 aliphatic rings. The molecule has 0 spiro atoms. The third kappa shape index (κ3) is 2.63. The smallest absolute Gasteiger partial charge is 0.357 e. The van der Waals surface area contributed by atoms with E-state index in [0.29, 0.717) is 5.69 Å². The van der Waals surface area contributed by atoms with E-state index in [1.54, 1.807) is 23.6 Å². The quantitative estimate of drug-likeness (QED) is 0.579. The number of hydrogen-bond donors (Lipinski definition) is 0. The van der Waals surface area contributed by atoms with Gasteiger partial charge in [-0.3, -0.25) is 0 Å². The fourth-order valence-corrected chi connectivity index (χ4v) is 1.77.